The number of carbonyl (C=O) groups excluding carboxylic acids is 1. The molecule has 0 radical (unpaired) electrons. The van der Waals surface area contributed by atoms with Gasteiger partial charge in [0.05, 0.1) is 10.6 Å². The third-order valence-corrected chi connectivity index (χ3v) is 1.61. The van der Waals surface area contributed by atoms with Crippen LogP contribution in [-0.4, -0.2) is 5.78 Å². The van der Waals surface area contributed by atoms with Crippen LogP contribution in [0.1, 0.15) is 17.3 Å². The number of hydrogen-bond donors (Lipinski definition) is 0. The van der Waals surface area contributed by atoms with Crippen LogP contribution in [0.3, 0.4) is 0 Å². The van der Waals surface area contributed by atoms with Gasteiger partial charge in [0, 0.05) is 0 Å². The number of ketones is 1. The van der Waals surface area contributed by atoms with Crippen LogP contribution in [0.25, 0.3) is 0 Å². The van der Waals surface area contributed by atoms with Crippen molar-refractivity contribution in [2.24, 2.45) is 0 Å². The molecular weight excluding hydrogens is 175 g/mol. The smallest absolute Gasteiger partial charge is 0.205 e. The summed E-state index contributed by atoms with van der Waals surface area (Å²) in [7, 11) is 0. The zero-order valence-corrected chi connectivity index (χ0v) is 6.66. The molecule has 0 unspecified atom stereocenters. The van der Waals surface area contributed by atoms with E-state index in [1.807, 2.05) is 0 Å². The fourth-order valence-corrected chi connectivity index (χ4v) is 1.21. The van der Waals surface area contributed by atoms with Crippen LogP contribution in [0.15, 0.2) is 10.7 Å². The Kier molecular flexibility index (Phi) is 2.02. The van der Waals surface area contributed by atoms with Gasteiger partial charge in [-0.2, -0.15) is 0 Å². The summed E-state index contributed by atoms with van der Waals surface area (Å²) in [5.74, 6) is -0.191. The Balaban J connectivity index is 3.23. The van der Waals surface area contributed by atoms with E-state index in [4.69, 9.17) is 23.2 Å². The molecule has 0 atom stereocenters. The van der Waals surface area contributed by atoms with Gasteiger partial charge < -0.3 is 4.42 Å². The first-order chi connectivity index (χ1) is 4.63. The molecule has 0 spiro atoms. The number of rotatable bonds is 1. The van der Waals surface area contributed by atoms with Crippen molar-refractivity contribution in [1.82, 2.24) is 0 Å². The number of halogens is 2. The molecule has 0 saturated carbocycles. The Morgan fingerprint density at radius 2 is 2.20 bits per heavy atom. The van der Waals surface area contributed by atoms with Crippen LogP contribution in [0.2, 0.25) is 10.2 Å². The first-order valence-electron chi connectivity index (χ1n) is 2.56. The first kappa shape index (κ1) is 7.63. The maximum absolute atomic E-state index is 10.7. The van der Waals surface area contributed by atoms with Crippen molar-refractivity contribution in [3.05, 3.63) is 22.1 Å². The van der Waals surface area contributed by atoms with Gasteiger partial charge in [0.15, 0.2) is 5.78 Å². The first-order valence-corrected chi connectivity index (χ1v) is 3.32. The van der Waals surface area contributed by atoms with Crippen LogP contribution < -0.4 is 0 Å². The van der Waals surface area contributed by atoms with E-state index in [0.29, 0.717) is 0 Å². The molecule has 0 fully saturated rings. The highest BCUT2D eigenvalue weighted by Crippen LogP contribution is 2.26. The molecule has 1 aromatic rings. The quantitative estimate of drug-likeness (QED) is 0.620. The maximum atomic E-state index is 10.7. The monoisotopic (exact) mass is 178 g/mol. The van der Waals surface area contributed by atoms with E-state index in [1.54, 1.807) is 0 Å². The SMILES string of the molecule is CC(=O)c1c(Cl)coc1Cl. The molecule has 0 bridgehead atoms. The highest BCUT2D eigenvalue weighted by molar-refractivity contribution is 6.38. The van der Waals surface area contributed by atoms with Gasteiger partial charge in [0.2, 0.25) is 5.22 Å². The number of Topliss-reactive ketones (excluding diaryl/α,β-unsaturated/α-hetero) is 1. The maximum Gasteiger partial charge on any atom is 0.205 e. The normalized spacial score (nSPS) is 9.90. The van der Waals surface area contributed by atoms with E-state index in [9.17, 15) is 4.79 Å². The van der Waals surface area contributed by atoms with Gasteiger partial charge in [-0.1, -0.05) is 11.6 Å². The standard InChI is InChI=1S/C6H4Cl2O2/c1-3(9)5-4(7)2-10-6(5)8/h2H,1H3. The van der Waals surface area contributed by atoms with Gasteiger partial charge >= 0.3 is 0 Å². The fourth-order valence-electron chi connectivity index (χ4n) is 0.622. The van der Waals surface area contributed by atoms with Crippen LogP contribution in [-0.2, 0) is 0 Å². The fraction of sp³-hybridized carbons (Fsp3) is 0.167. The molecule has 54 valence electrons. The number of hydrogen-bond acceptors (Lipinski definition) is 2. The molecule has 0 aliphatic rings. The Hall–Kier alpha value is -0.470. The summed E-state index contributed by atoms with van der Waals surface area (Å²) in [6.45, 7) is 1.38. The third-order valence-electron chi connectivity index (χ3n) is 1.05. The summed E-state index contributed by atoms with van der Waals surface area (Å²) >= 11 is 11.0. The van der Waals surface area contributed by atoms with Crippen molar-refractivity contribution in [2.45, 2.75) is 6.92 Å². The van der Waals surface area contributed by atoms with Crippen molar-refractivity contribution in [1.29, 1.82) is 0 Å². The average molecular weight is 179 g/mol. The second kappa shape index (κ2) is 2.64. The lowest BCUT2D eigenvalue weighted by molar-refractivity contribution is 0.101. The molecular formula is C6H4Cl2O2. The van der Waals surface area contributed by atoms with Crippen molar-refractivity contribution < 1.29 is 9.21 Å². The van der Waals surface area contributed by atoms with E-state index in [2.05, 4.69) is 4.42 Å². The Bertz CT molecular complexity index is 245. The highest BCUT2D eigenvalue weighted by atomic mass is 35.5. The van der Waals surface area contributed by atoms with Gasteiger partial charge in [-0.25, -0.2) is 0 Å². The minimum atomic E-state index is -0.191. The molecule has 0 saturated heterocycles. The summed E-state index contributed by atoms with van der Waals surface area (Å²) in [6, 6.07) is 0. The molecule has 10 heavy (non-hydrogen) atoms. The van der Waals surface area contributed by atoms with E-state index < -0.39 is 0 Å². The van der Waals surface area contributed by atoms with Crippen molar-refractivity contribution in [3.8, 4) is 0 Å². The van der Waals surface area contributed by atoms with Crippen molar-refractivity contribution in [3.63, 3.8) is 0 Å². The van der Waals surface area contributed by atoms with Crippen LogP contribution >= 0.6 is 23.2 Å². The molecule has 0 aliphatic carbocycles. The zero-order chi connectivity index (χ0) is 7.72. The zero-order valence-electron chi connectivity index (χ0n) is 5.15. The van der Waals surface area contributed by atoms with Gasteiger partial charge in [0.25, 0.3) is 0 Å². The molecule has 0 amide bonds. The third kappa shape index (κ3) is 1.18. The summed E-state index contributed by atoms with van der Waals surface area (Å²) < 4.78 is 4.67. The van der Waals surface area contributed by atoms with Gasteiger partial charge in [-0.05, 0) is 18.5 Å². The van der Waals surface area contributed by atoms with Gasteiger partial charge in [-0.3, -0.25) is 4.79 Å². The molecule has 0 aromatic carbocycles. The molecule has 2 nitrogen and oxygen atoms in total. The van der Waals surface area contributed by atoms with Crippen LogP contribution in [0, 0.1) is 0 Å². The Labute approximate surface area is 67.7 Å². The van der Waals surface area contributed by atoms with Crippen LogP contribution in [0.5, 0.6) is 0 Å². The number of carbonyl (C=O) groups is 1. The van der Waals surface area contributed by atoms with Gasteiger partial charge in [0.1, 0.15) is 6.26 Å². The predicted octanol–water partition coefficient (Wildman–Crippen LogP) is 2.79. The Morgan fingerprint density at radius 1 is 1.60 bits per heavy atom. The lowest BCUT2D eigenvalue weighted by atomic mass is 10.2. The average Bonchev–Trinajstić information content (AvgIpc) is 2.11. The molecule has 0 aliphatic heterocycles. The topological polar surface area (TPSA) is 30.2 Å². The van der Waals surface area contributed by atoms with E-state index in [0.717, 1.165) is 0 Å². The second-order valence-corrected chi connectivity index (χ2v) is 2.54. The molecule has 0 N–H and O–H groups in total. The van der Waals surface area contributed by atoms with Crippen molar-refractivity contribution >= 4 is 29.0 Å². The van der Waals surface area contributed by atoms with Crippen molar-refractivity contribution in [2.75, 3.05) is 0 Å². The lowest BCUT2D eigenvalue weighted by Gasteiger charge is -1.87. The lowest BCUT2D eigenvalue weighted by Crippen LogP contribution is -1.89. The molecule has 4 heteroatoms. The predicted molar refractivity (Wildman–Crippen MR) is 38.7 cm³/mol. The summed E-state index contributed by atoms with van der Waals surface area (Å²) in [4.78, 5) is 10.7. The molecule has 1 aromatic heterocycles. The van der Waals surface area contributed by atoms with E-state index in [-0.39, 0.29) is 21.6 Å². The largest absolute Gasteiger partial charge is 0.451 e. The van der Waals surface area contributed by atoms with Gasteiger partial charge in [-0.15, -0.1) is 0 Å². The minimum absolute atomic E-state index is 0.0532. The summed E-state index contributed by atoms with van der Waals surface area (Å²) in [6.07, 6.45) is 1.24. The highest BCUT2D eigenvalue weighted by Gasteiger charge is 2.13. The second-order valence-electron chi connectivity index (χ2n) is 1.79. The number of furan rings is 1. The minimum Gasteiger partial charge on any atom is -0.451 e. The Morgan fingerprint density at radius 3 is 2.40 bits per heavy atom. The summed E-state index contributed by atoms with van der Waals surface area (Å²) in [5.41, 5.74) is 0.253. The van der Waals surface area contributed by atoms with Crippen LogP contribution in [0.4, 0.5) is 0 Å². The summed E-state index contributed by atoms with van der Waals surface area (Å²) in [5, 5.41) is 0.315. The molecule has 1 heterocycles. The van der Waals surface area contributed by atoms with E-state index >= 15 is 0 Å². The van der Waals surface area contributed by atoms with E-state index in [1.165, 1.54) is 13.2 Å². The molecule has 1 rings (SSSR count).